The molecule has 0 radical (unpaired) electrons. The van der Waals surface area contributed by atoms with Gasteiger partial charge in [0, 0.05) is 29.1 Å². The quantitative estimate of drug-likeness (QED) is 0.908. The number of hydrogen-bond acceptors (Lipinski definition) is 7. The van der Waals surface area contributed by atoms with Gasteiger partial charge in [0.2, 0.25) is 11.2 Å². The Kier molecular flexibility index (Phi) is 4.99. The van der Waals surface area contributed by atoms with E-state index in [1.807, 2.05) is 23.5 Å². The van der Waals surface area contributed by atoms with Crippen molar-refractivity contribution in [3.05, 3.63) is 5.28 Å². The van der Waals surface area contributed by atoms with Crippen LogP contribution < -0.4 is 10.1 Å². The van der Waals surface area contributed by atoms with Gasteiger partial charge in [0.25, 0.3) is 0 Å². The van der Waals surface area contributed by atoms with Crippen molar-refractivity contribution in [2.24, 2.45) is 0 Å². The van der Waals surface area contributed by atoms with Crippen LogP contribution in [0.4, 0.5) is 5.95 Å². The van der Waals surface area contributed by atoms with Gasteiger partial charge in [0.1, 0.15) is 0 Å². The molecule has 8 heteroatoms. The summed E-state index contributed by atoms with van der Waals surface area (Å²) in [6.45, 7) is 0.834. The summed E-state index contributed by atoms with van der Waals surface area (Å²) in [7, 11) is 1.50. The van der Waals surface area contributed by atoms with Gasteiger partial charge in [-0.15, -0.1) is 0 Å². The largest absolute Gasteiger partial charge is 0.467 e. The molecule has 1 saturated heterocycles. The minimum Gasteiger partial charge on any atom is -0.467 e. The lowest BCUT2D eigenvalue weighted by molar-refractivity contribution is 0.379. The Bertz CT molecular complexity index is 376. The predicted octanol–water partition coefficient (Wildman–Crippen LogP) is 1.79. The number of nitrogens with zero attached hydrogens (tertiary/aromatic N) is 3. The van der Waals surface area contributed by atoms with E-state index in [2.05, 4.69) is 20.3 Å². The lowest BCUT2D eigenvalue weighted by atomic mass is 10.5. The maximum absolute atomic E-state index is 5.76. The second kappa shape index (κ2) is 6.51. The van der Waals surface area contributed by atoms with Gasteiger partial charge in [0.15, 0.2) is 0 Å². The van der Waals surface area contributed by atoms with E-state index in [1.54, 1.807) is 0 Å². The first-order valence-corrected chi connectivity index (χ1v) is 7.75. The third-order valence-electron chi connectivity index (χ3n) is 2.14. The molecule has 1 atom stereocenters. The van der Waals surface area contributed by atoms with E-state index >= 15 is 0 Å². The average Bonchev–Trinajstić information content (AvgIpc) is 2.37. The van der Waals surface area contributed by atoms with Crippen LogP contribution in [0, 0.1) is 0 Å². The molecule has 1 aliphatic rings. The van der Waals surface area contributed by atoms with Gasteiger partial charge in [-0.2, -0.15) is 38.5 Å². The maximum atomic E-state index is 5.76. The van der Waals surface area contributed by atoms with Crippen LogP contribution in [0.2, 0.25) is 5.28 Å². The highest BCUT2D eigenvalue weighted by atomic mass is 35.5. The molecule has 17 heavy (non-hydrogen) atoms. The lowest BCUT2D eigenvalue weighted by Crippen LogP contribution is -2.24. The number of thioether (sulfide) groups is 2. The molecule has 1 unspecified atom stereocenters. The van der Waals surface area contributed by atoms with Crippen LogP contribution >= 0.6 is 35.1 Å². The Labute approximate surface area is 113 Å². The summed E-state index contributed by atoms with van der Waals surface area (Å²) in [6, 6.07) is 0.234. The number of halogens is 1. The summed E-state index contributed by atoms with van der Waals surface area (Å²) in [4.78, 5) is 11.9. The SMILES string of the molecule is COc1nc(Cl)nc(NCC2CSCCS2)n1. The molecule has 1 aliphatic heterocycles. The van der Waals surface area contributed by atoms with E-state index in [9.17, 15) is 0 Å². The molecule has 2 rings (SSSR count). The van der Waals surface area contributed by atoms with Gasteiger partial charge in [-0.1, -0.05) is 0 Å². The van der Waals surface area contributed by atoms with Crippen LogP contribution in [0.1, 0.15) is 0 Å². The molecule has 0 aliphatic carbocycles. The molecule has 0 saturated carbocycles. The predicted molar refractivity (Wildman–Crippen MR) is 73.4 cm³/mol. The molecular weight excluding hydrogens is 280 g/mol. The van der Waals surface area contributed by atoms with E-state index in [1.165, 1.54) is 18.6 Å². The van der Waals surface area contributed by atoms with Crippen LogP contribution in [0.3, 0.4) is 0 Å². The van der Waals surface area contributed by atoms with Crippen LogP contribution in [0.25, 0.3) is 0 Å². The maximum Gasteiger partial charge on any atom is 0.322 e. The third kappa shape index (κ3) is 4.08. The summed E-state index contributed by atoms with van der Waals surface area (Å²) < 4.78 is 4.93. The summed E-state index contributed by atoms with van der Waals surface area (Å²) in [5, 5.41) is 3.91. The van der Waals surface area contributed by atoms with Crippen molar-refractivity contribution in [1.29, 1.82) is 0 Å². The molecule has 1 N–H and O–H groups in total. The monoisotopic (exact) mass is 292 g/mol. The van der Waals surface area contributed by atoms with Gasteiger partial charge in [-0.25, -0.2) is 0 Å². The van der Waals surface area contributed by atoms with E-state index in [4.69, 9.17) is 16.3 Å². The Morgan fingerprint density at radius 1 is 1.41 bits per heavy atom. The average molecular weight is 293 g/mol. The number of aromatic nitrogens is 3. The highest BCUT2D eigenvalue weighted by molar-refractivity contribution is 8.06. The van der Waals surface area contributed by atoms with Crippen molar-refractivity contribution >= 4 is 41.1 Å². The molecule has 1 aromatic rings. The van der Waals surface area contributed by atoms with Crippen molar-refractivity contribution in [1.82, 2.24) is 15.0 Å². The fraction of sp³-hybridized carbons (Fsp3) is 0.667. The van der Waals surface area contributed by atoms with Crippen molar-refractivity contribution in [2.45, 2.75) is 5.25 Å². The first-order valence-electron chi connectivity index (χ1n) is 5.16. The number of methoxy groups -OCH3 is 1. The van der Waals surface area contributed by atoms with Gasteiger partial charge in [0.05, 0.1) is 7.11 Å². The zero-order chi connectivity index (χ0) is 12.1. The lowest BCUT2D eigenvalue weighted by Gasteiger charge is -2.21. The second-order valence-corrected chi connectivity index (χ2v) is 6.26. The van der Waals surface area contributed by atoms with Crippen LogP contribution in [-0.2, 0) is 0 Å². The first-order chi connectivity index (χ1) is 8.28. The van der Waals surface area contributed by atoms with Gasteiger partial charge in [-0.3, -0.25) is 0 Å². The molecule has 1 fully saturated rings. The molecule has 0 amide bonds. The zero-order valence-electron chi connectivity index (χ0n) is 9.35. The van der Waals surface area contributed by atoms with Crippen molar-refractivity contribution in [3.63, 3.8) is 0 Å². The molecule has 94 valence electrons. The highest BCUT2D eigenvalue weighted by Crippen LogP contribution is 2.24. The topological polar surface area (TPSA) is 59.9 Å². The van der Waals surface area contributed by atoms with Gasteiger partial charge < -0.3 is 10.1 Å². The Morgan fingerprint density at radius 3 is 3.00 bits per heavy atom. The zero-order valence-corrected chi connectivity index (χ0v) is 11.7. The summed E-state index contributed by atoms with van der Waals surface area (Å²) in [5.41, 5.74) is 0. The van der Waals surface area contributed by atoms with Crippen LogP contribution in [0.5, 0.6) is 6.01 Å². The number of hydrogen-bond donors (Lipinski definition) is 1. The van der Waals surface area contributed by atoms with E-state index in [-0.39, 0.29) is 11.3 Å². The normalized spacial score (nSPS) is 20.0. The standard InChI is InChI=1S/C9H13ClN4OS2/c1-15-9-13-7(10)12-8(14-9)11-4-6-5-16-2-3-17-6/h6H,2-5H2,1H3,(H,11,12,13,14). The third-order valence-corrected chi connectivity index (χ3v) is 5.16. The van der Waals surface area contributed by atoms with Gasteiger partial charge in [-0.05, 0) is 11.6 Å². The molecule has 2 heterocycles. The Morgan fingerprint density at radius 2 is 2.29 bits per heavy atom. The number of nitrogens with one attached hydrogen (secondary N) is 1. The fourth-order valence-electron chi connectivity index (χ4n) is 1.36. The van der Waals surface area contributed by atoms with Crippen LogP contribution in [-0.4, -0.2) is 51.1 Å². The molecule has 0 bridgehead atoms. The number of rotatable bonds is 4. The van der Waals surface area contributed by atoms with E-state index in [0.29, 0.717) is 11.2 Å². The smallest absolute Gasteiger partial charge is 0.322 e. The minimum atomic E-state index is 0.144. The van der Waals surface area contributed by atoms with E-state index < -0.39 is 0 Å². The summed E-state index contributed by atoms with van der Waals surface area (Å²) in [6.07, 6.45) is 0. The minimum absolute atomic E-state index is 0.144. The van der Waals surface area contributed by atoms with E-state index in [0.717, 1.165) is 12.3 Å². The number of anilines is 1. The molecule has 0 aromatic carbocycles. The van der Waals surface area contributed by atoms with Crippen molar-refractivity contribution < 1.29 is 4.74 Å². The summed E-state index contributed by atoms with van der Waals surface area (Å²) in [5.74, 6) is 4.08. The van der Waals surface area contributed by atoms with Crippen molar-refractivity contribution in [3.8, 4) is 6.01 Å². The van der Waals surface area contributed by atoms with Crippen LogP contribution in [0.15, 0.2) is 0 Å². The van der Waals surface area contributed by atoms with Crippen molar-refractivity contribution in [2.75, 3.05) is 36.2 Å². The first kappa shape index (κ1) is 13.0. The Hall–Kier alpha value is -0.400. The second-order valence-electron chi connectivity index (χ2n) is 3.36. The fourth-order valence-corrected chi connectivity index (χ4v) is 4.13. The highest BCUT2D eigenvalue weighted by Gasteiger charge is 2.14. The number of ether oxygens (including phenoxy) is 1. The molecular formula is C9H13ClN4OS2. The summed E-state index contributed by atoms with van der Waals surface area (Å²) >= 11 is 9.72. The molecule has 5 nitrogen and oxygen atoms in total. The molecule has 1 aromatic heterocycles. The molecule has 0 spiro atoms. The van der Waals surface area contributed by atoms with Gasteiger partial charge >= 0.3 is 6.01 Å². The Balaban J connectivity index is 1.91.